The second-order valence-electron chi connectivity index (χ2n) is 5.66. The molecule has 1 fully saturated rings. The molecule has 0 bridgehead atoms. The molecule has 0 saturated heterocycles. The van der Waals surface area contributed by atoms with Crippen molar-refractivity contribution in [3.63, 3.8) is 0 Å². The first kappa shape index (κ1) is 12.7. The maximum Gasteiger partial charge on any atom is 0.347 e. The van der Waals surface area contributed by atoms with Crippen LogP contribution in [-0.4, -0.2) is 23.1 Å². The first-order valence-electron chi connectivity index (χ1n) is 7.39. The largest absolute Gasteiger partial charge is 0.369 e. The highest BCUT2D eigenvalue weighted by Gasteiger charge is 2.18. The average molecular weight is 262 g/mol. The summed E-state index contributed by atoms with van der Waals surface area (Å²) < 4.78 is 0. The van der Waals surface area contributed by atoms with Gasteiger partial charge in [-0.15, -0.1) is 0 Å². The molecule has 1 aliphatic carbocycles. The zero-order valence-corrected chi connectivity index (χ0v) is 11.3. The fourth-order valence-corrected chi connectivity index (χ4v) is 3.15. The van der Waals surface area contributed by atoms with E-state index in [-0.39, 0.29) is 5.69 Å². The van der Waals surface area contributed by atoms with Gasteiger partial charge in [0, 0.05) is 37.3 Å². The Hall–Kier alpha value is -1.36. The van der Waals surface area contributed by atoms with E-state index in [4.69, 9.17) is 0 Å². The number of aromatic amines is 1. The lowest BCUT2D eigenvalue weighted by Crippen LogP contribution is -2.30. The first-order valence-corrected chi connectivity index (χ1v) is 7.39. The highest BCUT2D eigenvalue weighted by atomic mass is 16.1. The Morgan fingerprint density at radius 3 is 2.95 bits per heavy atom. The van der Waals surface area contributed by atoms with Gasteiger partial charge in [-0.05, 0) is 18.8 Å². The summed E-state index contributed by atoms with van der Waals surface area (Å²) in [6.07, 6.45) is 7.54. The third-order valence-electron chi connectivity index (χ3n) is 4.26. The lowest BCUT2D eigenvalue weighted by molar-refractivity contribution is 0.373. The summed E-state index contributed by atoms with van der Waals surface area (Å²) in [5, 5.41) is 6.75. The van der Waals surface area contributed by atoms with Gasteiger partial charge in [0.05, 0.1) is 0 Å². The number of H-pyrrole nitrogens is 1. The van der Waals surface area contributed by atoms with Crippen molar-refractivity contribution in [2.24, 2.45) is 5.92 Å². The Bertz CT molecular complexity index is 491. The number of nitrogens with one attached hydrogen (secondary N) is 3. The third kappa shape index (κ3) is 2.97. The van der Waals surface area contributed by atoms with E-state index in [1.165, 1.54) is 32.1 Å². The van der Waals surface area contributed by atoms with Gasteiger partial charge < -0.3 is 15.6 Å². The molecule has 1 saturated carbocycles. The van der Waals surface area contributed by atoms with Gasteiger partial charge in [-0.3, -0.25) is 0 Å². The van der Waals surface area contributed by atoms with Crippen molar-refractivity contribution in [2.75, 3.05) is 18.4 Å². The molecular weight excluding hydrogens is 240 g/mol. The SMILES string of the molecule is O=c1nc(NCC2CCCCC2)c2c([nH]1)CCNC2. The van der Waals surface area contributed by atoms with E-state index >= 15 is 0 Å². The molecule has 104 valence electrons. The Kier molecular flexibility index (Phi) is 3.82. The maximum atomic E-state index is 11.6. The second kappa shape index (κ2) is 5.74. The molecule has 0 atom stereocenters. The smallest absolute Gasteiger partial charge is 0.347 e. The second-order valence-corrected chi connectivity index (χ2v) is 5.66. The molecule has 1 aromatic heterocycles. The van der Waals surface area contributed by atoms with E-state index in [2.05, 4.69) is 20.6 Å². The fourth-order valence-electron chi connectivity index (χ4n) is 3.15. The number of hydrogen-bond acceptors (Lipinski definition) is 4. The summed E-state index contributed by atoms with van der Waals surface area (Å²) >= 11 is 0. The van der Waals surface area contributed by atoms with E-state index in [1.54, 1.807) is 0 Å². The molecule has 5 heteroatoms. The lowest BCUT2D eigenvalue weighted by atomic mass is 9.89. The van der Waals surface area contributed by atoms with Crippen molar-refractivity contribution in [3.8, 4) is 0 Å². The van der Waals surface area contributed by atoms with E-state index in [0.29, 0.717) is 0 Å². The van der Waals surface area contributed by atoms with Crippen LogP contribution in [0.5, 0.6) is 0 Å². The number of nitrogens with zero attached hydrogens (tertiary/aromatic N) is 1. The quantitative estimate of drug-likeness (QED) is 0.770. The predicted octanol–water partition coefficient (Wildman–Crippen LogP) is 1.41. The number of hydrogen-bond donors (Lipinski definition) is 3. The number of aromatic nitrogens is 2. The Morgan fingerprint density at radius 2 is 2.11 bits per heavy atom. The minimum absolute atomic E-state index is 0.230. The van der Waals surface area contributed by atoms with Gasteiger partial charge in [0.1, 0.15) is 5.82 Å². The topological polar surface area (TPSA) is 69.8 Å². The van der Waals surface area contributed by atoms with Gasteiger partial charge in [-0.2, -0.15) is 4.98 Å². The minimum atomic E-state index is -0.230. The first-order chi connectivity index (χ1) is 9.33. The molecule has 1 aliphatic heterocycles. The van der Waals surface area contributed by atoms with E-state index in [9.17, 15) is 4.79 Å². The molecular formula is C14H22N4O. The van der Waals surface area contributed by atoms with Crippen molar-refractivity contribution in [1.29, 1.82) is 0 Å². The van der Waals surface area contributed by atoms with Crippen LogP contribution in [-0.2, 0) is 13.0 Å². The predicted molar refractivity (Wildman–Crippen MR) is 75.3 cm³/mol. The van der Waals surface area contributed by atoms with Gasteiger partial charge >= 0.3 is 5.69 Å². The van der Waals surface area contributed by atoms with Crippen molar-refractivity contribution in [3.05, 3.63) is 21.7 Å². The van der Waals surface area contributed by atoms with Crippen LogP contribution in [0.25, 0.3) is 0 Å². The van der Waals surface area contributed by atoms with Crippen molar-refractivity contribution in [1.82, 2.24) is 15.3 Å². The van der Waals surface area contributed by atoms with Crippen LogP contribution < -0.4 is 16.3 Å². The summed E-state index contributed by atoms with van der Waals surface area (Å²) in [4.78, 5) is 18.6. The Balaban J connectivity index is 1.72. The lowest BCUT2D eigenvalue weighted by Gasteiger charge is -2.24. The summed E-state index contributed by atoms with van der Waals surface area (Å²) in [5.41, 5.74) is 1.96. The third-order valence-corrected chi connectivity index (χ3v) is 4.26. The highest BCUT2D eigenvalue weighted by Crippen LogP contribution is 2.24. The molecule has 0 unspecified atom stereocenters. The van der Waals surface area contributed by atoms with Gasteiger partial charge in [-0.25, -0.2) is 4.79 Å². The van der Waals surface area contributed by atoms with Gasteiger partial charge in [0.2, 0.25) is 0 Å². The van der Waals surface area contributed by atoms with Crippen molar-refractivity contribution >= 4 is 5.82 Å². The fraction of sp³-hybridized carbons (Fsp3) is 0.714. The van der Waals surface area contributed by atoms with Crippen molar-refractivity contribution in [2.45, 2.75) is 45.1 Å². The zero-order chi connectivity index (χ0) is 13.1. The molecule has 0 radical (unpaired) electrons. The van der Waals surface area contributed by atoms with E-state index in [0.717, 1.165) is 49.0 Å². The molecule has 0 amide bonds. The number of anilines is 1. The van der Waals surface area contributed by atoms with Crippen LogP contribution in [0.15, 0.2) is 4.79 Å². The van der Waals surface area contributed by atoms with Crippen LogP contribution in [0.4, 0.5) is 5.82 Å². The summed E-state index contributed by atoms with van der Waals surface area (Å²) in [6.45, 7) is 2.67. The molecule has 5 nitrogen and oxygen atoms in total. The molecule has 0 spiro atoms. The monoisotopic (exact) mass is 262 g/mol. The molecule has 3 N–H and O–H groups in total. The summed E-state index contributed by atoms with van der Waals surface area (Å²) in [5.74, 6) is 1.53. The van der Waals surface area contributed by atoms with Gasteiger partial charge in [0.15, 0.2) is 0 Å². The van der Waals surface area contributed by atoms with Crippen LogP contribution in [0.3, 0.4) is 0 Å². The Labute approximate surface area is 113 Å². The molecule has 19 heavy (non-hydrogen) atoms. The van der Waals surface area contributed by atoms with Crippen LogP contribution in [0.1, 0.15) is 43.4 Å². The van der Waals surface area contributed by atoms with Crippen LogP contribution in [0.2, 0.25) is 0 Å². The molecule has 0 aromatic carbocycles. The van der Waals surface area contributed by atoms with E-state index in [1.807, 2.05) is 0 Å². The summed E-state index contributed by atoms with van der Waals surface area (Å²) in [7, 11) is 0. The van der Waals surface area contributed by atoms with Crippen LogP contribution in [0, 0.1) is 5.92 Å². The normalized spacial score (nSPS) is 20.0. The summed E-state index contributed by atoms with van der Waals surface area (Å²) in [6, 6.07) is 0. The minimum Gasteiger partial charge on any atom is -0.369 e. The van der Waals surface area contributed by atoms with E-state index < -0.39 is 0 Å². The molecule has 1 aromatic rings. The van der Waals surface area contributed by atoms with Crippen molar-refractivity contribution < 1.29 is 0 Å². The molecule has 3 rings (SSSR count). The van der Waals surface area contributed by atoms with Crippen LogP contribution >= 0.6 is 0 Å². The molecule has 2 aliphatic rings. The van der Waals surface area contributed by atoms with Gasteiger partial charge in [0.25, 0.3) is 0 Å². The number of fused-ring (bicyclic) bond motifs is 1. The Morgan fingerprint density at radius 1 is 1.26 bits per heavy atom. The standard InChI is InChI=1S/C14H22N4O/c19-14-17-12-6-7-15-9-11(12)13(18-14)16-8-10-4-2-1-3-5-10/h10,15H,1-9H2,(H2,16,17,18,19). The number of rotatable bonds is 3. The maximum absolute atomic E-state index is 11.6. The highest BCUT2D eigenvalue weighted by molar-refractivity contribution is 5.46. The average Bonchev–Trinajstić information content (AvgIpc) is 2.45. The molecule has 2 heterocycles. The zero-order valence-electron chi connectivity index (χ0n) is 11.3. The van der Waals surface area contributed by atoms with Gasteiger partial charge in [-0.1, -0.05) is 19.3 Å².